The molecule has 0 fully saturated rings. The number of nitrogens with one attached hydrogen (secondary N) is 2. The van der Waals surface area contributed by atoms with Crippen LogP contribution in [0, 0.1) is 0 Å². The maximum absolute atomic E-state index is 12.1. The van der Waals surface area contributed by atoms with Crippen LogP contribution in [0.3, 0.4) is 0 Å². The zero-order chi connectivity index (χ0) is 40.4. The van der Waals surface area contributed by atoms with Crippen LogP contribution in [0.5, 0.6) is 34.5 Å². The first kappa shape index (κ1) is 47.6. The van der Waals surface area contributed by atoms with Crippen molar-refractivity contribution < 1.29 is 65.0 Å². The van der Waals surface area contributed by atoms with Gasteiger partial charge in [-0.2, -0.15) is 8.42 Å². The molecular formula is C32H52N6O14S. The van der Waals surface area contributed by atoms with Crippen molar-refractivity contribution in [2.24, 2.45) is 21.5 Å². The van der Waals surface area contributed by atoms with Gasteiger partial charge in [0.2, 0.25) is 11.5 Å². The summed E-state index contributed by atoms with van der Waals surface area (Å²) in [6.07, 6.45) is 3.03. The van der Waals surface area contributed by atoms with Crippen LogP contribution < -0.4 is 50.5 Å². The van der Waals surface area contributed by atoms with Gasteiger partial charge in [0.25, 0.3) is 0 Å². The summed E-state index contributed by atoms with van der Waals surface area (Å²) in [6, 6.07) is 6.24. The summed E-state index contributed by atoms with van der Waals surface area (Å²) in [7, 11) is 7.53. The van der Waals surface area contributed by atoms with E-state index in [1.165, 1.54) is 42.7 Å². The number of unbranched alkanes of at least 4 members (excludes halogenated alkanes) is 2. The Morgan fingerprint density at radius 3 is 1.11 bits per heavy atom. The number of hydrogen-bond acceptors (Lipinski definition) is 14. The summed E-state index contributed by atoms with van der Waals surface area (Å²) in [5.41, 5.74) is 11.7. The maximum atomic E-state index is 12.1. The number of hydrogen-bond donors (Lipinski definition) is 6. The molecule has 8 N–H and O–H groups in total. The standard InChI is InChI=1S/2C16H25N3O5.H2O4S/c2*1-18-16(17)19-7-5-6-8-24-15(20)11-9-12(21-2)14(23-4)13(10-11)22-3;1-5(2,3)4/h2*9-10H,5-8H2,1-4H3,(H3,17,18,19);(H2,1,2,3,4). The Morgan fingerprint density at radius 1 is 0.604 bits per heavy atom. The predicted molar refractivity (Wildman–Crippen MR) is 197 cm³/mol. The van der Waals surface area contributed by atoms with Crippen LogP contribution in [0.4, 0.5) is 0 Å². The molecule has 0 radical (unpaired) electrons. The third-order valence-electron chi connectivity index (χ3n) is 6.50. The number of ether oxygens (including phenoxy) is 8. The second-order valence-corrected chi connectivity index (χ2v) is 10.9. The molecule has 0 amide bonds. The fourth-order valence-corrected chi connectivity index (χ4v) is 3.94. The second kappa shape index (κ2) is 26.4. The molecular weight excluding hydrogens is 724 g/mol. The highest BCUT2D eigenvalue weighted by atomic mass is 32.3. The highest BCUT2D eigenvalue weighted by Crippen LogP contribution is 2.39. The molecule has 0 aliphatic heterocycles. The van der Waals surface area contributed by atoms with Gasteiger partial charge in [-0.15, -0.1) is 0 Å². The summed E-state index contributed by atoms with van der Waals surface area (Å²) in [5.74, 6) is 2.37. The second-order valence-electron chi connectivity index (χ2n) is 10.0. The van der Waals surface area contributed by atoms with E-state index in [0.29, 0.717) is 96.7 Å². The van der Waals surface area contributed by atoms with Gasteiger partial charge in [0.05, 0.1) is 67.0 Å². The number of aliphatic imine (C=N–C) groups is 2. The van der Waals surface area contributed by atoms with Crippen molar-refractivity contribution in [3.63, 3.8) is 0 Å². The normalized spacial score (nSPS) is 11.0. The van der Waals surface area contributed by atoms with E-state index in [2.05, 4.69) is 20.6 Å². The first-order valence-electron chi connectivity index (χ1n) is 15.7. The van der Waals surface area contributed by atoms with Crippen LogP contribution in [0.15, 0.2) is 34.3 Å². The van der Waals surface area contributed by atoms with E-state index in [-0.39, 0.29) is 0 Å². The molecule has 0 aliphatic carbocycles. The Labute approximate surface area is 309 Å². The molecule has 20 nitrogen and oxygen atoms in total. The first-order chi connectivity index (χ1) is 25.1. The smallest absolute Gasteiger partial charge is 0.394 e. The Kier molecular flexibility index (Phi) is 23.7. The van der Waals surface area contributed by atoms with Gasteiger partial charge in [0.15, 0.2) is 34.9 Å². The number of carbonyl (C=O) groups excluding carboxylic acids is 2. The van der Waals surface area contributed by atoms with Crippen LogP contribution in [0.1, 0.15) is 46.4 Å². The molecule has 0 spiro atoms. The fourth-order valence-electron chi connectivity index (χ4n) is 3.94. The molecule has 0 aliphatic rings. The van der Waals surface area contributed by atoms with E-state index < -0.39 is 22.3 Å². The zero-order valence-corrected chi connectivity index (χ0v) is 32.0. The quantitative estimate of drug-likeness (QED) is 0.0413. The van der Waals surface area contributed by atoms with E-state index in [4.69, 9.17) is 66.9 Å². The molecule has 300 valence electrons. The molecule has 0 heterocycles. The summed E-state index contributed by atoms with van der Waals surface area (Å²) >= 11 is 0. The Morgan fingerprint density at radius 2 is 0.887 bits per heavy atom. The number of benzene rings is 2. The van der Waals surface area contributed by atoms with Crippen LogP contribution >= 0.6 is 0 Å². The third-order valence-corrected chi connectivity index (χ3v) is 6.50. The average Bonchev–Trinajstić information content (AvgIpc) is 3.14. The van der Waals surface area contributed by atoms with E-state index in [1.807, 2.05) is 0 Å². The minimum atomic E-state index is -4.67. The summed E-state index contributed by atoms with van der Waals surface area (Å²) < 4.78 is 73.4. The number of guanidine groups is 2. The van der Waals surface area contributed by atoms with E-state index in [1.54, 1.807) is 38.4 Å². The van der Waals surface area contributed by atoms with Crippen molar-refractivity contribution in [3.05, 3.63) is 35.4 Å². The molecule has 2 aromatic rings. The van der Waals surface area contributed by atoms with Gasteiger partial charge in [0.1, 0.15) is 0 Å². The van der Waals surface area contributed by atoms with Crippen molar-refractivity contribution >= 4 is 34.3 Å². The lowest BCUT2D eigenvalue weighted by Crippen LogP contribution is -2.32. The Hall–Kier alpha value is -5.41. The number of rotatable bonds is 18. The molecule has 0 bridgehead atoms. The number of nitrogens with zero attached hydrogens (tertiary/aromatic N) is 2. The number of methoxy groups -OCH3 is 6. The van der Waals surface area contributed by atoms with Gasteiger partial charge in [0, 0.05) is 27.2 Å². The van der Waals surface area contributed by atoms with Gasteiger partial charge in [-0.05, 0) is 49.9 Å². The van der Waals surface area contributed by atoms with Crippen molar-refractivity contribution in [1.82, 2.24) is 10.6 Å². The predicted octanol–water partition coefficient (Wildman–Crippen LogP) is 1.71. The molecule has 0 aromatic heterocycles. The zero-order valence-electron chi connectivity index (χ0n) is 31.2. The van der Waals surface area contributed by atoms with Crippen LogP contribution in [0.2, 0.25) is 0 Å². The van der Waals surface area contributed by atoms with Gasteiger partial charge in [-0.25, -0.2) is 9.59 Å². The SMILES string of the molecule is CN=C(N)NCCCCOC(=O)c1cc(OC)c(OC)c(OC)c1.CN=C(N)NCCCCOC(=O)c1cc(OC)c(OC)c(OC)c1.O=S(=O)(O)O. The summed E-state index contributed by atoms with van der Waals surface area (Å²) in [6.45, 7) is 1.95. The van der Waals surface area contributed by atoms with E-state index >= 15 is 0 Å². The van der Waals surface area contributed by atoms with Gasteiger partial charge < -0.3 is 60.0 Å². The summed E-state index contributed by atoms with van der Waals surface area (Å²) in [4.78, 5) is 31.8. The Bertz CT molecular complexity index is 1430. The minimum Gasteiger partial charge on any atom is -0.493 e. The van der Waals surface area contributed by atoms with E-state index in [9.17, 15) is 9.59 Å². The van der Waals surface area contributed by atoms with Crippen LogP contribution in [0.25, 0.3) is 0 Å². The largest absolute Gasteiger partial charge is 0.493 e. The monoisotopic (exact) mass is 776 g/mol. The maximum Gasteiger partial charge on any atom is 0.394 e. The molecule has 0 atom stereocenters. The lowest BCUT2D eigenvalue weighted by Gasteiger charge is -2.13. The number of carbonyl (C=O) groups is 2. The lowest BCUT2D eigenvalue weighted by molar-refractivity contribution is 0.0488. The highest BCUT2D eigenvalue weighted by molar-refractivity contribution is 7.79. The van der Waals surface area contributed by atoms with Gasteiger partial charge in [-0.1, -0.05) is 0 Å². The molecule has 0 unspecified atom stereocenters. The minimum absolute atomic E-state index is 0.306. The highest BCUT2D eigenvalue weighted by Gasteiger charge is 2.19. The van der Waals surface area contributed by atoms with E-state index in [0.717, 1.165) is 12.8 Å². The molecule has 2 aromatic carbocycles. The topological polar surface area (TPSA) is 283 Å². The number of esters is 2. The lowest BCUT2D eigenvalue weighted by atomic mass is 10.2. The first-order valence-corrected chi connectivity index (χ1v) is 17.1. The molecule has 21 heteroatoms. The molecule has 2 rings (SSSR count). The molecule has 0 saturated carbocycles. The Balaban J connectivity index is 0.000000904. The van der Waals surface area contributed by atoms with Crippen LogP contribution in [-0.4, -0.2) is 124 Å². The van der Waals surface area contributed by atoms with Crippen molar-refractivity contribution in [3.8, 4) is 34.5 Å². The summed E-state index contributed by atoms with van der Waals surface area (Å²) in [5, 5.41) is 5.87. The fraction of sp³-hybridized carbons (Fsp3) is 0.500. The average molecular weight is 777 g/mol. The van der Waals surface area contributed by atoms with Crippen molar-refractivity contribution in [2.45, 2.75) is 25.7 Å². The third kappa shape index (κ3) is 19.7. The van der Waals surface area contributed by atoms with Gasteiger partial charge in [-0.3, -0.25) is 19.1 Å². The van der Waals surface area contributed by atoms with Crippen molar-refractivity contribution in [1.29, 1.82) is 0 Å². The molecule has 0 saturated heterocycles. The van der Waals surface area contributed by atoms with Gasteiger partial charge >= 0.3 is 22.3 Å². The molecule has 53 heavy (non-hydrogen) atoms. The van der Waals surface area contributed by atoms with Crippen molar-refractivity contribution in [2.75, 3.05) is 83.1 Å². The number of nitrogens with two attached hydrogens (primary N) is 2. The van der Waals surface area contributed by atoms with Crippen LogP contribution in [-0.2, 0) is 19.9 Å².